The van der Waals surface area contributed by atoms with Crippen molar-refractivity contribution in [1.29, 1.82) is 0 Å². The summed E-state index contributed by atoms with van der Waals surface area (Å²) >= 11 is 0. The fourth-order valence-corrected chi connectivity index (χ4v) is 3.01. The molecule has 0 saturated carbocycles. The van der Waals surface area contributed by atoms with E-state index in [9.17, 15) is 35.7 Å². The maximum absolute atomic E-state index is 10.5. The van der Waals surface area contributed by atoms with Gasteiger partial charge < -0.3 is 60.2 Å². The Morgan fingerprint density at radius 1 is 1.00 bits per heavy atom. The van der Waals surface area contributed by atoms with Crippen molar-refractivity contribution in [1.82, 2.24) is 0 Å². The molecule has 1 unspecified atom stereocenters. The van der Waals surface area contributed by atoms with Crippen LogP contribution in [0.4, 0.5) is 0 Å². The summed E-state index contributed by atoms with van der Waals surface area (Å²) in [6, 6.07) is 0. The molecular weight excluding hydrogens is 360 g/mol. The Kier molecular flexibility index (Phi) is 6.93. The van der Waals surface area contributed by atoms with Gasteiger partial charge in [0.25, 0.3) is 0 Å². The summed E-state index contributed by atoms with van der Waals surface area (Å²) in [5, 5.41) is 87.6. The summed E-state index contributed by atoms with van der Waals surface area (Å²) in [6.07, 6.45) is -16.2. The lowest BCUT2D eigenvalue weighted by atomic mass is 9.98. The van der Waals surface area contributed by atoms with Gasteiger partial charge in [0, 0.05) is 0 Å². The van der Waals surface area contributed by atoms with E-state index in [2.05, 4.69) is 0 Å². The highest BCUT2D eigenvalue weighted by Gasteiger charge is 2.59. The average Bonchev–Trinajstić information content (AvgIpc) is 2.86. The van der Waals surface area contributed by atoms with Gasteiger partial charge in [0.2, 0.25) is 5.79 Å². The molecule has 2 rings (SSSR count). The van der Waals surface area contributed by atoms with Crippen molar-refractivity contribution < 1.29 is 60.2 Å². The SMILES string of the molecule is CC(O[C@H]1O[C@H](CO)[C@H](O)[C@H](O)[C@H]1O)[C@@]1(O)O[C@@H]([C@@H](O)CO)[C@H](O)[C@H]1O. The van der Waals surface area contributed by atoms with Crippen LogP contribution in [0.2, 0.25) is 0 Å². The van der Waals surface area contributed by atoms with E-state index >= 15 is 0 Å². The highest BCUT2D eigenvalue weighted by Crippen LogP contribution is 2.36. The largest absolute Gasteiger partial charge is 0.394 e. The molecule has 0 aromatic heterocycles. The van der Waals surface area contributed by atoms with E-state index in [4.69, 9.17) is 24.4 Å². The van der Waals surface area contributed by atoms with E-state index in [0.717, 1.165) is 0 Å². The molecule has 12 heteroatoms. The number of hydrogen-bond donors (Lipinski definition) is 9. The van der Waals surface area contributed by atoms with Gasteiger partial charge >= 0.3 is 0 Å². The number of aliphatic hydroxyl groups excluding tert-OH is 8. The molecular formula is C14H26O12. The molecule has 2 fully saturated rings. The van der Waals surface area contributed by atoms with Crippen LogP contribution in [-0.2, 0) is 14.2 Å². The Balaban J connectivity index is 2.11. The predicted octanol–water partition coefficient (Wildman–Crippen LogP) is -5.65. The summed E-state index contributed by atoms with van der Waals surface area (Å²) < 4.78 is 15.5. The van der Waals surface area contributed by atoms with Crippen LogP contribution in [0.5, 0.6) is 0 Å². The first-order valence-corrected chi connectivity index (χ1v) is 8.09. The van der Waals surface area contributed by atoms with Crippen LogP contribution in [0, 0.1) is 0 Å². The second kappa shape index (κ2) is 8.26. The summed E-state index contributed by atoms with van der Waals surface area (Å²) in [4.78, 5) is 0. The number of aliphatic hydroxyl groups is 9. The van der Waals surface area contributed by atoms with E-state index in [1.807, 2.05) is 0 Å². The summed E-state index contributed by atoms with van der Waals surface area (Å²) in [5.41, 5.74) is 0. The topological polar surface area (TPSA) is 210 Å². The van der Waals surface area contributed by atoms with Crippen LogP contribution in [0.1, 0.15) is 6.92 Å². The van der Waals surface area contributed by atoms with Gasteiger partial charge in [-0.3, -0.25) is 0 Å². The lowest BCUT2D eigenvalue weighted by Crippen LogP contribution is -2.61. The number of ether oxygens (including phenoxy) is 3. The van der Waals surface area contributed by atoms with Crippen LogP contribution < -0.4 is 0 Å². The maximum Gasteiger partial charge on any atom is 0.222 e. The number of hydrogen-bond acceptors (Lipinski definition) is 12. The van der Waals surface area contributed by atoms with Crippen molar-refractivity contribution in [2.24, 2.45) is 0 Å². The van der Waals surface area contributed by atoms with Crippen LogP contribution >= 0.6 is 0 Å². The lowest BCUT2D eigenvalue weighted by Gasteiger charge is -2.42. The summed E-state index contributed by atoms with van der Waals surface area (Å²) in [7, 11) is 0. The fraction of sp³-hybridized carbons (Fsp3) is 1.00. The van der Waals surface area contributed by atoms with Gasteiger partial charge in [-0.2, -0.15) is 0 Å². The minimum absolute atomic E-state index is 0.688. The maximum atomic E-state index is 10.5. The van der Waals surface area contributed by atoms with Gasteiger partial charge in [0.15, 0.2) is 6.29 Å². The summed E-state index contributed by atoms with van der Waals surface area (Å²) in [5.74, 6) is -2.54. The standard InChI is InChI=1S/C14H26O12/c1-4(14(23)12(22)10(21)11(26-14)5(17)2-15)24-13-9(20)8(19)7(18)6(3-16)25-13/h4-13,15-23H,2-3H2,1H3/t4?,5-,6+,7-,8-,9+,10-,11-,12+,13-,14+/m0/s1. The normalized spacial score (nSPS) is 49.2. The van der Waals surface area contributed by atoms with Crippen molar-refractivity contribution in [2.75, 3.05) is 13.2 Å². The minimum atomic E-state index is -2.54. The zero-order chi connectivity index (χ0) is 19.8. The van der Waals surface area contributed by atoms with Gasteiger partial charge in [0.1, 0.15) is 54.9 Å². The molecule has 0 aliphatic carbocycles. The molecule has 2 saturated heterocycles. The molecule has 0 amide bonds. The highest BCUT2D eigenvalue weighted by atomic mass is 16.7. The zero-order valence-corrected chi connectivity index (χ0v) is 13.9. The average molecular weight is 386 g/mol. The van der Waals surface area contributed by atoms with Crippen LogP contribution in [-0.4, -0.2) is 126 Å². The Morgan fingerprint density at radius 2 is 1.62 bits per heavy atom. The van der Waals surface area contributed by atoms with Crippen molar-refractivity contribution in [3.8, 4) is 0 Å². The minimum Gasteiger partial charge on any atom is -0.394 e. The van der Waals surface area contributed by atoms with E-state index < -0.39 is 80.2 Å². The van der Waals surface area contributed by atoms with Gasteiger partial charge in [-0.1, -0.05) is 0 Å². The van der Waals surface area contributed by atoms with Gasteiger partial charge in [-0.25, -0.2) is 0 Å². The van der Waals surface area contributed by atoms with Crippen LogP contribution in [0.25, 0.3) is 0 Å². The molecule has 0 aromatic carbocycles. The van der Waals surface area contributed by atoms with Crippen molar-refractivity contribution >= 4 is 0 Å². The summed E-state index contributed by atoms with van der Waals surface area (Å²) in [6.45, 7) is -0.288. The smallest absolute Gasteiger partial charge is 0.222 e. The highest BCUT2D eigenvalue weighted by molar-refractivity contribution is 5.01. The molecule has 2 aliphatic heterocycles. The van der Waals surface area contributed by atoms with E-state index in [1.165, 1.54) is 6.92 Å². The fourth-order valence-electron chi connectivity index (χ4n) is 3.01. The molecule has 0 bridgehead atoms. The third-order valence-electron chi connectivity index (χ3n) is 4.74. The molecule has 11 atom stereocenters. The first kappa shape index (κ1) is 21.8. The quantitative estimate of drug-likeness (QED) is 0.209. The molecule has 12 nitrogen and oxygen atoms in total. The van der Waals surface area contributed by atoms with E-state index in [1.54, 1.807) is 0 Å². The zero-order valence-electron chi connectivity index (χ0n) is 13.9. The predicted molar refractivity (Wildman–Crippen MR) is 79.2 cm³/mol. The monoisotopic (exact) mass is 386 g/mol. The Labute approximate surface area is 148 Å². The molecule has 154 valence electrons. The first-order valence-electron chi connectivity index (χ1n) is 8.09. The molecule has 26 heavy (non-hydrogen) atoms. The van der Waals surface area contributed by atoms with Crippen molar-refractivity contribution in [3.63, 3.8) is 0 Å². The molecule has 9 N–H and O–H groups in total. The molecule has 0 aromatic rings. The number of rotatable bonds is 6. The molecule has 2 heterocycles. The Morgan fingerprint density at radius 3 is 2.15 bits per heavy atom. The van der Waals surface area contributed by atoms with Crippen molar-refractivity contribution in [3.05, 3.63) is 0 Å². The van der Waals surface area contributed by atoms with E-state index in [-0.39, 0.29) is 0 Å². The van der Waals surface area contributed by atoms with Gasteiger partial charge in [-0.15, -0.1) is 0 Å². The first-order chi connectivity index (χ1) is 12.1. The Hall–Kier alpha value is -0.480. The van der Waals surface area contributed by atoms with Gasteiger partial charge in [-0.05, 0) is 6.92 Å². The molecule has 0 spiro atoms. The third kappa shape index (κ3) is 3.73. The lowest BCUT2D eigenvalue weighted by molar-refractivity contribution is -0.354. The third-order valence-corrected chi connectivity index (χ3v) is 4.74. The van der Waals surface area contributed by atoms with Crippen LogP contribution in [0.15, 0.2) is 0 Å². The Bertz CT molecular complexity index is 463. The van der Waals surface area contributed by atoms with Crippen molar-refractivity contribution in [2.45, 2.75) is 73.9 Å². The van der Waals surface area contributed by atoms with Gasteiger partial charge in [0.05, 0.1) is 13.2 Å². The van der Waals surface area contributed by atoms with E-state index in [0.29, 0.717) is 0 Å². The second-order valence-electron chi connectivity index (χ2n) is 6.50. The second-order valence-corrected chi connectivity index (χ2v) is 6.50. The molecule has 0 radical (unpaired) electrons. The molecule has 2 aliphatic rings. The van der Waals surface area contributed by atoms with Crippen LogP contribution in [0.3, 0.4) is 0 Å².